The minimum atomic E-state index is -0.251. The van der Waals surface area contributed by atoms with Crippen LogP contribution in [0.3, 0.4) is 0 Å². The fraction of sp³-hybridized carbons (Fsp3) is 0.286. The summed E-state index contributed by atoms with van der Waals surface area (Å²) in [6.07, 6.45) is 5.23. The molecule has 1 aliphatic rings. The number of hydrogen-bond acceptors (Lipinski definition) is 3. The molecule has 3 aromatic rings. The topological polar surface area (TPSA) is 29.3 Å². The van der Waals surface area contributed by atoms with Crippen LogP contribution in [0.25, 0.3) is 11.3 Å². The second-order valence-electron chi connectivity index (χ2n) is 6.65. The van der Waals surface area contributed by atoms with Crippen LogP contribution in [0, 0.1) is 5.82 Å². The van der Waals surface area contributed by atoms with Gasteiger partial charge >= 0.3 is 0 Å². The molecule has 0 saturated carbocycles. The van der Waals surface area contributed by atoms with Crippen LogP contribution >= 0.6 is 0 Å². The number of aryl methyl sites for hydroxylation is 1. The van der Waals surface area contributed by atoms with E-state index in [9.17, 15) is 4.39 Å². The van der Waals surface area contributed by atoms with E-state index in [1.54, 1.807) is 18.3 Å². The molecule has 0 N–H and O–H groups in total. The van der Waals surface area contributed by atoms with Gasteiger partial charge in [-0.1, -0.05) is 24.3 Å². The summed E-state index contributed by atoms with van der Waals surface area (Å²) in [5.74, 6) is 1.11. The Hall–Kier alpha value is -2.46. The summed E-state index contributed by atoms with van der Waals surface area (Å²) in [5.41, 5.74) is 3.71. The Balaban J connectivity index is 1.50. The van der Waals surface area contributed by atoms with E-state index in [1.807, 2.05) is 0 Å². The Morgan fingerprint density at radius 2 is 1.96 bits per heavy atom. The van der Waals surface area contributed by atoms with E-state index in [-0.39, 0.29) is 5.82 Å². The molecule has 1 heterocycles. The zero-order chi connectivity index (χ0) is 17.2. The van der Waals surface area contributed by atoms with Crippen molar-refractivity contribution >= 4 is 0 Å². The SMILES string of the molecule is CN(Cc1ncc(-c2ccc(F)cc2)o1)C1CCCc2ccccc21. The third-order valence-electron chi connectivity index (χ3n) is 4.94. The molecular weight excluding hydrogens is 315 g/mol. The molecule has 1 atom stereocenters. The van der Waals surface area contributed by atoms with Crippen LogP contribution in [-0.4, -0.2) is 16.9 Å². The number of halogens is 1. The van der Waals surface area contributed by atoms with Crippen LogP contribution in [0.1, 0.15) is 35.9 Å². The predicted octanol–water partition coefficient (Wildman–Crippen LogP) is 4.99. The highest BCUT2D eigenvalue weighted by atomic mass is 19.1. The lowest BCUT2D eigenvalue weighted by Crippen LogP contribution is -2.27. The highest BCUT2D eigenvalue weighted by Gasteiger charge is 2.24. The van der Waals surface area contributed by atoms with Crippen LogP contribution < -0.4 is 0 Å². The molecule has 0 spiro atoms. The number of benzene rings is 2. The Kier molecular flexibility index (Phi) is 4.36. The second-order valence-corrected chi connectivity index (χ2v) is 6.65. The van der Waals surface area contributed by atoms with Gasteiger partial charge in [-0.25, -0.2) is 9.37 Å². The molecule has 2 aromatic carbocycles. The molecule has 1 aliphatic carbocycles. The molecule has 4 heteroatoms. The maximum atomic E-state index is 13.1. The molecule has 0 saturated heterocycles. The number of fused-ring (bicyclic) bond motifs is 1. The van der Waals surface area contributed by atoms with E-state index in [0.29, 0.717) is 24.2 Å². The van der Waals surface area contributed by atoms with Crippen LogP contribution in [0.4, 0.5) is 4.39 Å². The fourth-order valence-corrected chi connectivity index (χ4v) is 3.64. The summed E-state index contributed by atoms with van der Waals surface area (Å²) in [6, 6.07) is 15.4. The summed E-state index contributed by atoms with van der Waals surface area (Å²) in [5, 5.41) is 0. The van der Waals surface area contributed by atoms with Gasteiger partial charge in [0.25, 0.3) is 0 Å². The highest BCUT2D eigenvalue weighted by molar-refractivity contribution is 5.55. The van der Waals surface area contributed by atoms with E-state index in [4.69, 9.17) is 4.42 Å². The van der Waals surface area contributed by atoms with E-state index in [1.165, 1.54) is 29.7 Å². The monoisotopic (exact) mass is 336 g/mol. The second kappa shape index (κ2) is 6.81. The van der Waals surface area contributed by atoms with E-state index in [2.05, 4.69) is 41.2 Å². The quantitative estimate of drug-likeness (QED) is 0.672. The molecule has 25 heavy (non-hydrogen) atoms. The van der Waals surface area contributed by atoms with Crippen molar-refractivity contribution in [3.05, 3.63) is 77.6 Å². The summed E-state index contributed by atoms with van der Waals surface area (Å²) < 4.78 is 18.9. The van der Waals surface area contributed by atoms with Gasteiger partial charge in [-0.15, -0.1) is 0 Å². The number of hydrogen-bond donors (Lipinski definition) is 0. The van der Waals surface area contributed by atoms with Crippen molar-refractivity contribution in [2.24, 2.45) is 0 Å². The Morgan fingerprint density at radius 3 is 2.80 bits per heavy atom. The van der Waals surface area contributed by atoms with Crippen LogP contribution in [0.15, 0.2) is 59.1 Å². The molecule has 0 amide bonds. The molecule has 0 radical (unpaired) electrons. The minimum absolute atomic E-state index is 0.251. The number of rotatable bonds is 4. The van der Waals surface area contributed by atoms with Gasteiger partial charge in [-0.05, 0) is 61.7 Å². The molecule has 1 aromatic heterocycles. The van der Waals surface area contributed by atoms with Gasteiger partial charge < -0.3 is 4.42 Å². The number of nitrogens with zero attached hydrogens (tertiary/aromatic N) is 2. The molecule has 1 unspecified atom stereocenters. The van der Waals surface area contributed by atoms with Crippen molar-refractivity contribution in [2.75, 3.05) is 7.05 Å². The molecule has 4 rings (SSSR count). The molecule has 0 aliphatic heterocycles. The molecule has 0 fully saturated rings. The van der Waals surface area contributed by atoms with Gasteiger partial charge in [-0.3, -0.25) is 4.90 Å². The molecule has 128 valence electrons. The van der Waals surface area contributed by atoms with Crippen LogP contribution in [0.2, 0.25) is 0 Å². The third kappa shape index (κ3) is 3.35. The first-order valence-electron chi connectivity index (χ1n) is 8.69. The van der Waals surface area contributed by atoms with Crippen LogP contribution in [-0.2, 0) is 13.0 Å². The van der Waals surface area contributed by atoms with Crippen molar-refractivity contribution in [3.8, 4) is 11.3 Å². The Bertz CT molecular complexity index is 856. The van der Waals surface area contributed by atoms with Gasteiger partial charge in [0, 0.05) is 11.6 Å². The first kappa shape index (κ1) is 16.0. The van der Waals surface area contributed by atoms with Gasteiger partial charge in [0.15, 0.2) is 5.76 Å². The molecular formula is C21H21FN2O. The van der Waals surface area contributed by atoms with Gasteiger partial charge in [0.05, 0.1) is 12.7 Å². The van der Waals surface area contributed by atoms with Crippen LogP contribution in [0.5, 0.6) is 0 Å². The summed E-state index contributed by atoms with van der Waals surface area (Å²) in [4.78, 5) is 6.71. The van der Waals surface area contributed by atoms with Crippen molar-refractivity contribution in [1.29, 1.82) is 0 Å². The average molecular weight is 336 g/mol. The lowest BCUT2D eigenvalue weighted by atomic mass is 9.87. The van der Waals surface area contributed by atoms with E-state index >= 15 is 0 Å². The predicted molar refractivity (Wildman–Crippen MR) is 95.5 cm³/mol. The molecule has 3 nitrogen and oxygen atoms in total. The normalized spacial score (nSPS) is 16.8. The summed E-state index contributed by atoms with van der Waals surface area (Å²) in [7, 11) is 2.12. The van der Waals surface area contributed by atoms with E-state index in [0.717, 1.165) is 18.4 Å². The fourth-order valence-electron chi connectivity index (χ4n) is 3.64. The molecule has 0 bridgehead atoms. The largest absolute Gasteiger partial charge is 0.439 e. The van der Waals surface area contributed by atoms with Gasteiger partial charge in [-0.2, -0.15) is 0 Å². The average Bonchev–Trinajstić information content (AvgIpc) is 3.10. The smallest absolute Gasteiger partial charge is 0.209 e. The van der Waals surface area contributed by atoms with E-state index < -0.39 is 0 Å². The minimum Gasteiger partial charge on any atom is -0.439 e. The standard InChI is InChI=1S/C21H21FN2O/c1-24(19-8-4-6-15-5-2-3-7-18(15)19)14-21-23-13-20(25-21)16-9-11-17(22)12-10-16/h2-3,5,7,9-13,19H,4,6,8,14H2,1H3. The maximum Gasteiger partial charge on any atom is 0.209 e. The van der Waals surface area contributed by atoms with Crippen molar-refractivity contribution in [2.45, 2.75) is 31.8 Å². The highest BCUT2D eigenvalue weighted by Crippen LogP contribution is 2.34. The number of oxazole rings is 1. The van der Waals surface area contributed by atoms with Crippen molar-refractivity contribution < 1.29 is 8.81 Å². The summed E-state index contributed by atoms with van der Waals surface area (Å²) in [6.45, 7) is 0.653. The lowest BCUT2D eigenvalue weighted by molar-refractivity contribution is 0.195. The lowest BCUT2D eigenvalue weighted by Gasteiger charge is -2.32. The first-order chi connectivity index (χ1) is 12.2. The Labute approximate surface area is 147 Å². The van der Waals surface area contributed by atoms with Gasteiger partial charge in [0.2, 0.25) is 5.89 Å². The van der Waals surface area contributed by atoms with Crippen molar-refractivity contribution in [1.82, 2.24) is 9.88 Å². The number of aromatic nitrogens is 1. The third-order valence-corrected chi connectivity index (χ3v) is 4.94. The summed E-state index contributed by atoms with van der Waals surface area (Å²) >= 11 is 0. The first-order valence-corrected chi connectivity index (χ1v) is 8.69. The van der Waals surface area contributed by atoms with Crippen molar-refractivity contribution in [3.63, 3.8) is 0 Å². The Morgan fingerprint density at radius 1 is 1.16 bits per heavy atom. The zero-order valence-electron chi connectivity index (χ0n) is 14.3. The maximum absolute atomic E-state index is 13.1. The van der Waals surface area contributed by atoms with Gasteiger partial charge in [0.1, 0.15) is 5.82 Å². The zero-order valence-corrected chi connectivity index (χ0v) is 14.3.